The van der Waals surface area contributed by atoms with E-state index < -0.39 is 0 Å². The fourth-order valence-corrected chi connectivity index (χ4v) is 5.07. The van der Waals surface area contributed by atoms with E-state index in [9.17, 15) is 4.79 Å². The largest absolute Gasteiger partial charge is 0.339 e. The van der Waals surface area contributed by atoms with E-state index in [1.54, 1.807) is 4.52 Å². The minimum Gasteiger partial charge on any atom is -0.339 e. The highest BCUT2D eigenvalue weighted by atomic mass is 32.1. The minimum atomic E-state index is 0.223. The summed E-state index contributed by atoms with van der Waals surface area (Å²) in [6, 6.07) is 9.01. The molecule has 0 saturated carbocycles. The third-order valence-electron chi connectivity index (χ3n) is 5.67. The molecular weight excluding hydrogens is 360 g/mol. The molecule has 0 aliphatic carbocycles. The van der Waals surface area contributed by atoms with E-state index >= 15 is 0 Å². The Labute approximate surface area is 161 Å². The molecule has 0 radical (unpaired) electrons. The lowest BCUT2D eigenvalue weighted by molar-refractivity contribution is -0.134. The first kappa shape index (κ1) is 16.8. The van der Waals surface area contributed by atoms with Gasteiger partial charge in [0.1, 0.15) is 5.01 Å². The first-order valence-corrected chi connectivity index (χ1v) is 10.3. The average Bonchev–Trinajstić information content (AvgIpc) is 3.27. The summed E-state index contributed by atoms with van der Waals surface area (Å²) in [5.74, 6) is 1.01. The van der Waals surface area contributed by atoms with Gasteiger partial charge in [-0.1, -0.05) is 35.6 Å². The predicted octanol–water partition coefficient (Wildman–Crippen LogP) is 1.87. The van der Waals surface area contributed by atoms with Crippen LogP contribution in [0, 0.1) is 6.92 Å². The van der Waals surface area contributed by atoms with E-state index in [2.05, 4.69) is 44.5 Å². The lowest BCUT2D eigenvalue weighted by Gasteiger charge is -2.45. The van der Waals surface area contributed by atoms with Gasteiger partial charge in [0, 0.05) is 39.0 Å². The molecular formula is C19H22N6OS. The van der Waals surface area contributed by atoms with Gasteiger partial charge in [0.15, 0.2) is 5.82 Å². The molecule has 1 fully saturated rings. The number of amides is 1. The number of benzene rings is 1. The van der Waals surface area contributed by atoms with Crippen LogP contribution in [0.3, 0.4) is 0 Å². The second kappa shape index (κ2) is 6.69. The summed E-state index contributed by atoms with van der Waals surface area (Å²) >= 11 is 1.51. The van der Waals surface area contributed by atoms with Crippen LogP contribution in [0.5, 0.6) is 0 Å². The van der Waals surface area contributed by atoms with Crippen molar-refractivity contribution in [1.82, 2.24) is 29.6 Å². The molecule has 1 atom stereocenters. The highest BCUT2D eigenvalue weighted by Crippen LogP contribution is 2.32. The molecule has 5 rings (SSSR count). The molecule has 0 spiro atoms. The van der Waals surface area contributed by atoms with Crippen LogP contribution in [0.2, 0.25) is 0 Å². The summed E-state index contributed by atoms with van der Waals surface area (Å²) in [6.45, 7) is 5.55. The van der Waals surface area contributed by atoms with E-state index in [-0.39, 0.29) is 5.91 Å². The predicted molar refractivity (Wildman–Crippen MR) is 103 cm³/mol. The fraction of sp³-hybridized carbons (Fsp3) is 0.474. The normalized spacial score (nSPS) is 19.9. The maximum absolute atomic E-state index is 12.8. The van der Waals surface area contributed by atoms with Crippen LogP contribution in [-0.4, -0.2) is 61.7 Å². The zero-order valence-electron chi connectivity index (χ0n) is 15.3. The van der Waals surface area contributed by atoms with Crippen LogP contribution in [0.25, 0.3) is 4.96 Å². The van der Waals surface area contributed by atoms with E-state index in [0.29, 0.717) is 18.9 Å². The van der Waals surface area contributed by atoms with Crippen molar-refractivity contribution in [2.45, 2.75) is 32.2 Å². The third kappa shape index (κ3) is 3.02. The second-order valence-electron chi connectivity index (χ2n) is 7.28. The monoisotopic (exact) mass is 382 g/mol. The third-order valence-corrected chi connectivity index (χ3v) is 6.63. The van der Waals surface area contributed by atoms with Crippen LogP contribution >= 0.6 is 11.3 Å². The number of fused-ring (bicyclic) bond motifs is 4. The molecule has 1 aromatic carbocycles. The summed E-state index contributed by atoms with van der Waals surface area (Å²) in [5, 5.41) is 13.6. The Bertz CT molecular complexity index is 995. The van der Waals surface area contributed by atoms with Crippen molar-refractivity contribution in [1.29, 1.82) is 0 Å². The van der Waals surface area contributed by atoms with Crippen molar-refractivity contribution in [3.05, 3.63) is 46.2 Å². The van der Waals surface area contributed by atoms with Gasteiger partial charge in [0.05, 0.1) is 6.04 Å². The van der Waals surface area contributed by atoms with E-state index in [1.165, 1.54) is 22.5 Å². The Morgan fingerprint density at radius 2 is 2.11 bits per heavy atom. The Kier molecular flexibility index (Phi) is 4.17. The van der Waals surface area contributed by atoms with Crippen LogP contribution < -0.4 is 0 Å². The molecule has 140 valence electrons. The molecule has 8 heteroatoms. The molecule has 2 aliphatic rings. The lowest BCUT2D eigenvalue weighted by Crippen LogP contribution is -2.52. The molecule has 1 unspecified atom stereocenters. The summed E-state index contributed by atoms with van der Waals surface area (Å²) in [6.07, 6.45) is 2.27. The average molecular weight is 382 g/mol. The summed E-state index contributed by atoms with van der Waals surface area (Å²) in [5.41, 5.74) is 2.83. The van der Waals surface area contributed by atoms with Gasteiger partial charge in [-0.15, -0.1) is 10.2 Å². The van der Waals surface area contributed by atoms with Gasteiger partial charge in [-0.2, -0.15) is 9.61 Å². The number of nitrogens with zero attached hydrogens (tertiary/aromatic N) is 6. The van der Waals surface area contributed by atoms with Gasteiger partial charge in [-0.05, 0) is 24.5 Å². The van der Waals surface area contributed by atoms with Crippen molar-refractivity contribution in [2.24, 2.45) is 0 Å². The van der Waals surface area contributed by atoms with E-state index in [4.69, 9.17) is 0 Å². The number of hydrogen-bond acceptors (Lipinski definition) is 6. The van der Waals surface area contributed by atoms with E-state index in [0.717, 1.165) is 48.4 Å². The number of rotatable bonds is 3. The number of aromatic nitrogens is 4. The maximum atomic E-state index is 12.8. The molecule has 1 amide bonds. The lowest BCUT2D eigenvalue weighted by atomic mass is 9.91. The van der Waals surface area contributed by atoms with E-state index in [1.807, 2.05) is 11.8 Å². The first-order chi connectivity index (χ1) is 13.2. The number of hydrogen-bond donors (Lipinski definition) is 0. The standard InChI is InChI=1S/C19H22N6OS/c1-13-20-21-19-25(13)22-17(27-19)6-7-18(26)24-11-10-23-9-8-14-4-2-3-5-15(14)16(23)12-24/h2-5,16H,6-12H2,1H3. The van der Waals surface area contributed by atoms with Crippen LogP contribution in [-0.2, 0) is 17.6 Å². The van der Waals surface area contributed by atoms with Gasteiger partial charge in [-0.25, -0.2) is 0 Å². The zero-order chi connectivity index (χ0) is 18.4. The molecule has 27 heavy (non-hydrogen) atoms. The molecule has 0 bridgehead atoms. The molecule has 1 saturated heterocycles. The van der Waals surface area contributed by atoms with Gasteiger partial charge in [0.25, 0.3) is 0 Å². The van der Waals surface area contributed by atoms with Gasteiger partial charge in [-0.3, -0.25) is 9.69 Å². The van der Waals surface area contributed by atoms with Crippen LogP contribution in [0.4, 0.5) is 0 Å². The fourth-order valence-electron chi connectivity index (χ4n) is 4.19. The smallest absolute Gasteiger partial charge is 0.234 e. The Hall–Kier alpha value is -2.32. The van der Waals surface area contributed by atoms with Crippen molar-refractivity contribution < 1.29 is 4.79 Å². The first-order valence-electron chi connectivity index (χ1n) is 9.46. The highest BCUT2D eigenvalue weighted by molar-refractivity contribution is 7.16. The van der Waals surface area contributed by atoms with Crippen molar-refractivity contribution in [3.8, 4) is 0 Å². The summed E-state index contributed by atoms with van der Waals surface area (Å²) < 4.78 is 1.75. The minimum absolute atomic E-state index is 0.223. The topological polar surface area (TPSA) is 66.6 Å². The molecule has 2 aliphatic heterocycles. The molecule has 3 aromatic rings. The number of aryl methyl sites for hydroxylation is 2. The zero-order valence-corrected chi connectivity index (χ0v) is 16.2. The SMILES string of the molecule is Cc1nnc2sc(CCC(=O)N3CCN4CCc5ccccc5C4C3)nn12. The van der Waals surface area contributed by atoms with Crippen molar-refractivity contribution in [3.63, 3.8) is 0 Å². The van der Waals surface area contributed by atoms with Crippen molar-refractivity contribution >= 4 is 22.2 Å². The maximum Gasteiger partial charge on any atom is 0.234 e. The number of carbonyl (C=O) groups is 1. The Balaban J connectivity index is 1.26. The van der Waals surface area contributed by atoms with Gasteiger partial charge >= 0.3 is 0 Å². The summed E-state index contributed by atoms with van der Waals surface area (Å²) in [4.78, 5) is 18.2. The molecule has 0 N–H and O–H groups in total. The highest BCUT2D eigenvalue weighted by Gasteiger charge is 2.33. The quantitative estimate of drug-likeness (QED) is 0.692. The molecule has 7 nitrogen and oxygen atoms in total. The molecule has 2 aromatic heterocycles. The summed E-state index contributed by atoms with van der Waals surface area (Å²) in [7, 11) is 0. The van der Waals surface area contributed by atoms with Crippen molar-refractivity contribution in [2.75, 3.05) is 26.2 Å². The van der Waals surface area contributed by atoms with Gasteiger partial charge in [0.2, 0.25) is 10.9 Å². The Morgan fingerprint density at radius 3 is 3.00 bits per heavy atom. The van der Waals surface area contributed by atoms with Gasteiger partial charge < -0.3 is 4.90 Å². The molecule has 4 heterocycles. The number of piperazine rings is 1. The second-order valence-corrected chi connectivity index (χ2v) is 8.32. The number of carbonyl (C=O) groups excluding carboxylic acids is 1. The Morgan fingerprint density at radius 1 is 1.22 bits per heavy atom. The van der Waals surface area contributed by atoms with Crippen LogP contribution in [0.15, 0.2) is 24.3 Å². The van der Waals surface area contributed by atoms with Crippen LogP contribution in [0.1, 0.15) is 34.4 Å².